The first-order valence-corrected chi connectivity index (χ1v) is 8.39. The summed E-state index contributed by atoms with van der Waals surface area (Å²) in [7, 11) is 1.67. The zero-order valence-corrected chi connectivity index (χ0v) is 13.8. The third-order valence-electron chi connectivity index (χ3n) is 4.93. The summed E-state index contributed by atoms with van der Waals surface area (Å²) in [6, 6.07) is 6.03. The van der Waals surface area contributed by atoms with Crippen molar-refractivity contribution in [3.63, 3.8) is 0 Å². The van der Waals surface area contributed by atoms with Gasteiger partial charge in [0, 0.05) is 30.1 Å². The standard InChI is InChI=1S/C17H24ClNO3/c1-21-13-5-6-15(18)12(9-13)10-19-7-8-22-11-16(19)14-3-2-4-17(14)20/h5-6,9,14,16-17,20H,2-4,7-8,10-11H2,1H3. The minimum absolute atomic E-state index is 0.199. The monoisotopic (exact) mass is 325 g/mol. The van der Waals surface area contributed by atoms with E-state index in [2.05, 4.69) is 4.90 Å². The molecule has 122 valence electrons. The lowest BCUT2D eigenvalue weighted by Crippen LogP contribution is -2.50. The van der Waals surface area contributed by atoms with Gasteiger partial charge in [-0.25, -0.2) is 0 Å². The molecule has 1 saturated heterocycles. The van der Waals surface area contributed by atoms with Crippen molar-refractivity contribution < 1.29 is 14.6 Å². The number of aliphatic hydroxyl groups is 1. The van der Waals surface area contributed by atoms with Crippen LogP contribution in [0.25, 0.3) is 0 Å². The van der Waals surface area contributed by atoms with Gasteiger partial charge in [0.25, 0.3) is 0 Å². The van der Waals surface area contributed by atoms with Gasteiger partial charge in [-0.2, -0.15) is 0 Å². The summed E-state index contributed by atoms with van der Waals surface area (Å²) in [6.45, 7) is 3.08. The summed E-state index contributed by atoms with van der Waals surface area (Å²) in [4.78, 5) is 2.41. The molecule has 1 N–H and O–H groups in total. The van der Waals surface area contributed by atoms with E-state index in [-0.39, 0.29) is 12.1 Å². The normalized spacial score (nSPS) is 29.7. The van der Waals surface area contributed by atoms with E-state index in [9.17, 15) is 5.11 Å². The van der Waals surface area contributed by atoms with Crippen molar-refractivity contribution in [2.45, 2.75) is 38.0 Å². The first-order chi connectivity index (χ1) is 10.7. The molecule has 0 amide bonds. The second-order valence-electron chi connectivity index (χ2n) is 6.23. The lowest BCUT2D eigenvalue weighted by atomic mass is 9.94. The predicted molar refractivity (Wildman–Crippen MR) is 86.4 cm³/mol. The molecular formula is C17H24ClNO3. The van der Waals surface area contributed by atoms with E-state index >= 15 is 0 Å². The van der Waals surface area contributed by atoms with E-state index in [1.54, 1.807) is 7.11 Å². The fourth-order valence-electron chi connectivity index (χ4n) is 3.68. The summed E-state index contributed by atoms with van der Waals surface area (Å²) in [5, 5.41) is 11.0. The maximum Gasteiger partial charge on any atom is 0.119 e. The Morgan fingerprint density at radius 3 is 3.00 bits per heavy atom. The quantitative estimate of drug-likeness (QED) is 0.924. The van der Waals surface area contributed by atoms with Crippen LogP contribution < -0.4 is 4.74 Å². The summed E-state index contributed by atoms with van der Waals surface area (Å²) >= 11 is 6.35. The first-order valence-electron chi connectivity index (χ1n) is 8.01. The van der Waals surface area contributed by atoms with Crippen LogP contribution in [0.3, 0.4) is 0 Å². The van der Waals surface area contributed by atoms with Crippen LogP contribution in [-0.2, 0) is 11.3 Å². The molecule has 2 aliphatic rings. The van der Waals surface area contributed by atoms with Crippen molar-refractivity contribution in [2.24, 2.45) is 5.92 Å². The maximum absolute atomic E-state index is 10.2. The molecule has 1 aliphatic carbocycles. The topological polar surface area (TPSA) is 41.9 Å². The summed E-state index contributed by atoms with van der Waals surface area (Å²) in [5.41, 5.74) is 1.07. The number of methoxy groups -OCH3 is 1. The molecule has 3 atom stereocenters. The molecule has 2 fully saturated rings. The summed E-state index contributed by atoms with van der Waals surface area (Å²) in [5.74, 6) is 1.13. The fraction of sp³-hybridized carbons (Fsp3) is 0.647. The van der Waals surface area contributed by atoms with E-state index in [1.807, 2.05) is 18.2 Å². The van der Waals surface area contributed by atoms with Gasteiger partial charge in [-0.15, -0.1) is 0 Å². The zero-order valence-electron chi connectivity index (χ0n) is 13.0. The molecular weight excluding hydrogens is 302 g/mol. The van der Waals surface area contributed by atoms with Crippen LogP contribution in [0.5, 0.6) is 5.75 Å². The second kappa shape index (κ2) is 7.18. The van der Waals surface area contributed by atoms with Crippen LogP contribution in [0.15, 0.2) is 18.2 Å². The third-order valence-corrected chi connectivity index (χ3v) is 5.30. The minimum Gasteiger partial charge on any atom is -0.497 e. The summed E-state index contributed by atoms with van der Waals surface area (Å²) in [6.07, 6.45) is 2.90. The zero-order chi connectivity index (χ0) is 15.5. The lowest BCUT2D eigenvalue weighted by molar-refractivity contribution is -0.0536. The van der Waals surface area contributed by atoms with Gasteiger partial charge in [0.15, 0.2) is 0 Å². The number of aliphatic hydroxyl groups excluding tert-OH is 1. The van der Waals surface area contributed by atoms with Gasteiger partial charge >= 0.3 is 0 Å². The highest BCUT2D eigenvalue weighted by atomic mass is 35.5. The Hall–Kier alpha value is -0.810. The van der Waals surface area contributed by atoms with Crippen LogP contribution in [0.2, 0.25) is 5.02 Å². The summed E-state index contributed by atoms with van der Waals surface area (Å²) < 4.78 is 11.0. The van der Waals surface area contributed by atoms with Crippen LogP contribution in [0, 0.1) is 5.92 Å². The molecule has 0 radical (unpaired) electrons. The highest BCUT2D eigenvalue weighted by Gasteiger charge is 2.37. The molecule has 0 spiro atoms. The Morgan fingerprint density at radius 1 is 1.41 bits per heavy atom. The molecule has 3 unspecified atom stereocenters. The largest absolute Gasteiger partial charge is 0.497 e. The van der Waals surface area contributed by atoms with Crippen molar-refractivity contribution in [2.75, 3.05) is 26.9 Å². The SMILES string of the molecule is COc1ccc(Cl)c(CN2CCOCC2C2CCCC2O)c1. The van der Waals surface area contributed by atoms with Crippen molar-refractivity contribution in [1.82, 2.24) is 4.90 Å². The molecule has 1 saturated carbocycles. The number of benzene rings is 1. The van der Waals surface area contributed by atoms with E-state index < -0.39 is 0 Å². The average Bonchev–Trinajstić information content (AvgIpc) is 2.96. The fourth-order valence-corrected chi connectivity index (χ4v) is 3.86. The smallest absolute Gasteiger partial charge is 0.119 e. The first kappa shape index (κ1) is 16.1. The van der Waals surface area contributed by atoms with Gasteiger partial charge in [0.05, 0.1) is 26.4 Å². The highest BCUT2D eigenvalue weighted by molar-refractivity contribution is 6.31. The number of rotatable bonds is 4. The number of nitrogens with zero attached hydrogens (tertiary/aromatic N) is 1. The second-order valence-corrected chi connectivity index (χ2v) is 6.64. The van der Waals surface area contributed by atoms with Crippen molar-refractivity contribution in [3.05, 3.63) is 28.8 Å². The van der Waals surface area contributed by atoms with Crippen molar-refractivity contribution >= 4 is 11.6 Å². The Balaban J connectivity index is 1.76. The lowest BCUT2D eigenvalue weighted by Gasteiger charge is -2.40. The van der Waals surface area contributed by atoms with Crippen molar-refractivity contribution in [3.8, 4) is 5.75 Å². The molecule has 1 aromatic rings. The maximum atomic E-state index is 10.2. The number of ether oxygens (including phenoxy) is 2. The number of morpholine rings is 1. The molecule has 0 aromatic heterocycles. The van der Waals surface area contributed by atoms with Gasteiger partial charge in [-0.05, 0) is 36.6 Å². The predicted octanol–water partition coefficient (Wildman–Crippen LogP) is 2.71. The third kappa shape index (κ3) is 3.40. The van der Waals surface area contributed by atoms with E-state index in [0.717, 1.165) is 55.3 Å². The average molecular weight is 326 g/mol. The molecule has 1 aliphatic heterocycles. The number of hydrogen-bond donors (Lipinski definition) is 1. The van der Waals surface area contributed by atoms with E-state index in [4.69, 9.17) is 21.1 Å². The molecule has 5 heteroatoms. The van der Waals surface area contributed by atoms with Crippen molar-refractivity contribution in [1.29, 1.82) is 0 Å². The van der Waals surface area contributed by atoms with Gasteiger partial charge in [-0.1, -0.05) is 18.0 Å². The van der Waals surface area contributed by atoms with Crippen LogP contribution >= 0.6 is 11.6 Å². The number of halogens is 1. The van der Waals surface area contributed by atoms with Gasteiger partial charge in [0.2, 0.25) is 0 Å². The highest BCUT2D eigenvalue weighted by Crippen LogP contribution is 2.33. The molecule has 22 heavy (non-hydrogen) atoms. The Labute approximate surface area is 137 Å². The molecule has 1 aromatic carbocycles. The molecule has 0 bridgehead atoms. The van der Waals surface area contributed by atoms with E-state index in [0.29, 0.717) is 12.5 Å². The van der Waals surface area contributed by atoms with Gasteiger partial charge in [-0.3, -0.25) is 4.90 Å². The van der Waals surface area contributed by atoms with Crippen LogP contribution in [-0.4, -0.2) is 49.0 Å². The molecule has 1 heterocycles. The molecule has 4 nitrogen and oxygen atoms in total. The van der Waals surface area contributed by atoms with Crippen LogP contribution in [0.1, 0.15) is 24.8 Å². The van der Waals surface area contributed by atoms with Gasteiger partial charge in [0.1, 0.15) is 5.75 Å². The Bertz CT molecular complexity index is 511. The van der Waals surface area contributed by atoms with E-state index in [1.165, 1.54) is 0 Å². The van der Waals surface area contributed by atoms with Gasteiger partial charge < -0.3 is 14.6 Å². The molecule has 3 rings (SSSR count). The Morgan fingerprint density at radius 2 is 2.27 bits per heavy atom. The van der Waals surface area contributed by atoms with Crippen LogP contribution in [0.4, 0.5) is 0 Å². The minimum atomic E-state index is -0.199. The Kier molecular flexibility index (Phi) is 5.24. The number of hydrogen-bond acceptors (Lipinski definition) is 4.